The first-order valence-corrected chi connectivity index (χ1v) is 8.04. The van der Waals surface area contributed by atoms with Gasteiger partial charge >= 0.3 is 5.97 Å². The number of aromatic nitrogens is 2. The maximum absolute atomic E-state index is 12.8. The fraction of sp³-hybridized carbons (Fsp3) is 0.389. The molecule has 0 spiro atoms. The Morgan fingerprint density at radius 2 is 2.25 bits per heavy atom. The van der Waals surface area contributed by atoms with Crippen molar-refractivity contribution in [1.82, 2.24) is 9.55 Å². The number of carbonyl (C=O) groups is 1. The highest BCUT2D eigenvalue weighted by atomic mass is 16.5. The lowest BCUT2D eigenvalue weighted by Crippen LogP contribution is -2.23. The van der Waals surface area contributed by atoms with E-state index in [1.807, 2.05) is 17.6 Å². The summed E-state index contributed by atoms with van der Waals surface area (Å²) in [5, 5.41) is 0. The van der Waals surface area contributed by atoms with E-state index in [9.17, 15) is 9.59 Å². The van der Waals surface area contributed by atoms with Gasteiger partial charge in [-0.3, -0.25) is 9.78 Å². The van der Waals surface area contributed by atoms with Gasteiger partial charge in [-0.1, -0.05) is 6.07 Å². The molecule has 1 saturated heterocycles. The van der Waals surface area contributed by atoms with Gasteiger partial charge in [-0.25, -0.2) is 4.79 Å². The Morgan fingerprint density at radius 3 is 2.88 bits per heavy atom. The molecule has 0 amide bonds. The molecule has 0 bridgehead atoms. The van der Waals surface area contributed by atoms with E-state index in [0.717, 1.165) is 12.0 Å². The van der Waals surface area contributed by atoms with Crippen LogP contribution in [-0.2, 0) is 9.47 Å². The minimum atomic E-state index is -0.607. The molecule has 3 rings (SSSR count). The highest BCUT2D eigenvalue weighted by Crippen LogP contribution is 2.22. The summed E-state index contributed by atoms with van der Waals surface area (Å²) in [4.78, 5) is 29.3. The normalized spacial score (nSPS) is 17.0. The zero-order chi connectivity index (χ0) is 17.1. The maximum Gasteiger partial charge on any atom is 0.343 e. The molecular formula is C18H20N2O4. The molecule has 0 aliphatic carbocycles. The first kappa shape index (κ1) is 16.4. The molecule has 0 aromatic carbocycles. The third kappa shape index (κ3) is 3.23. The first-order valence-electron chi connectivity index (χ1n) is 8.04. The third-order valence-electron chi connectivity index (χ3n) is 4.06. The smallest absolute Gasteiger partial charge is 0.343 e. The summed E-state index contributed by atoms with van der Waals surface area (Å²) in [6.45, 7) is 5.10. The summed E-state index contributed by atoms with van der Waals surface area (Å²) in [6, 6.07) is 3.78. The van der Waals surface area contributed by atoms with E-state index in [4.69, 9.17) is 9.47 Å². The fourth-order valence-electron chi connectivity index (χ4n) is 2.73. The van der Waals surface area contributed by atoms with Crippen molar-refractivity contribution >= 4 is 5.97 Å². The molecule has 24 heavy (non-hydrogen) atoms. The van der Waals surface area contributed by atoms with E-state index in [2.05, 4.69) is 4.98 Å². The van der Waals surface area contributed by atoms with Crippen LogP contribution in [0.2, 0.25) is 0 Å². The number of carbonyl (C=O) groups excluding carboxylic acids is 1. The van der Waals surface area contributed by atoms with Gasteiger partial charge in [0, 0.05) is 25.2 Å². The van der Waals surface area contributed by atoms with Gasteiger partial charge in [-0.15, -0.1) is 0 Å². The Balaban J connectivity index is 2.13. The molecular weight excluding hydrogens is 308 g/mol. The predicted octanol–water partition coefficient (Wildman–Crippen LogP) is 2.36. The predicted molar refractivity (Wildman–Crippen MR) is 89.1 cm³/mol. The van der Waals surface area contributed by atoms with E-state index in [1.54, 1.807) is 31.6 Å². The van der Waals surface area contributed by atoms with Crippen molar-refractivity contribution in [1.29, 1.82) is 0 Å². The Morgan fingerprint density at radius 1 is 1.42 bits per heavy atom. The summed E-state index contributed by atoms with van der Waals surface area (Å²) in [5.41, 5.74) is 1.62. The highest BCUT2D eigenvalue weighted by molar-refractivity contribution is 5.90. The van der Waals surface area contributed by atoms with Gasteiger partial charge in [0.1, 0.15) is 5.56 Å². The molecule has 0 N–H and O–H groups in total. The molecule has 2 aromatic heterocycles. The van der Waals surface area contributed by atoms with Crippen molar-refractivity contribution in [3.63, 3.8) is 0 Å². The van der Waals surface area contributed by atoms with Gasteiger partial charge < -0.3 is 14.0 Å². The minimum Gasteiger partial charge on any atom is -0.462 e. The Hall–Kier alpha value is -2.47. The van der Waals surface area contributed by atoms with E-state index in [1.165, 1.54) is 0 Å². The molecule has 2 aromatic rings. The second-order valence-corrected chi connectivity index (χ2v) is 5.82. The summed E-state index contributed by atoms with van der Waals surface area (Å²) in [7, 11) is 0. The van der Waals surface area contributed by atoms with Crippen LogP contribution >= 0.6 is 0 Å². The number of pyridine rings is 2. The van der Waals surface area contributed by atoms with Gasteiger partial charge in [0.15, 0.2) is 0 Å². The molecule has 1 atom stereocenters. The number of ether oxygens (including phenoxy) is 2. The second kappa shape index (κ2) is 6.97. The number of esters is 1. The van der Waals surface area contributed by atoms with Crippen molar-refractivity contribution < 1.29 is 14.3 Å². The number of rotatable bonds is 4. The van der Waals surface area contributed by atoms with Gasteiger partial charge in [0.25, 0.3) is 0 Å². The van der Waals surface area contributed by atoms with Crippen LogP contribution in [0.1, 0.15) is 35.3 Å². The number of nitrogens with zero attached hydrogens (tertiary/aromatic N) is 2. The fourth-order valence-corrected chi connectivity index (χ4v) is 2.73. The van der Waals surface area contributed by atoms with Crippen molar-refractivity contribution in [2.45, 2.75) is 26.3 Å². The molecule has 1 fully saturated rings. The van der Waals surface area contributed by atoms with Crippen molar-refractivity contribution in [2.75, 3.05) is 19.8 Å². The van der Waals surface area contributed by atoms with Crippen LogP contribution in [0.4, 0.5) is 0 Å². The van der Waals surface area contributed by atoms with Gasteiger partial charge in [-0.05, 0) is 31.9 Å². The van der Waals surface area contributed by atoms with E-state index in [0.29, 0.717) is 24.5 Å². The summed E-state index contributed by atoms with van der Waals surface area (Å²) >= 11 is 0. The van der Waals surface area contributed by atoms with E-state index >= 15 is 0 Å². The Kier molecular flexibility index (Phi) is 4.76. The lowest BCUT2D eigenvalue weighted by atomic mass is 10.1. The molecule has 3 heterocycles. The minimum absolute atomic E-state index is 0.0311. The molecule has 6 heteroatoms. The molecule has 1 aliphatic heterocycles. The topological polar surface area (TPSA) is 70.4 Å². The number of aryl methyl sites for hydroxylation is 1. The van der Waals surface area contributed by atoms with Crippen LogP contribution in [-0.4, -0.2) is 35.3 Å². The van der Waals surface area contributed by atoms with Gasteiger partial charge in [-0.2, -0.15) is 0 Å². The average molecular weight is 328 g/mol. The SMILES string of the molecule is CCOC(=O)c1cn(C2CCOC2)cc(-c2ccc(C)cn2)c1=O. The van der Waals surface area contributed by atoms with Crippen molar-refractivity contribution in [3.8, 4) is 11.3 Å². The van der Waals surface area contributed by atoms with E-state index < -0.39 is 5.97 Å². The maximum atomic E-state index is 12.8. The average Bonchev–Trinajstić information content (AvgIpc) is 3.11. The zero-order valence-corrected chi connectivity index (χ0v) is 13.8. The second-order valence-electron chi connectivity index (χ2n) is 5.82. The molecule has 126 valence electrons. The molecule has 6 nitrogen and oxygen atoms in total. The third-order valence-corrected chi connectivity index (χ3v) is 4.06. The zero-order valence-electron chi connectivity index (χ0n) is 13.8. The van der Waals surface area contributed by atoms with Crippen LogP contribution in [0.15, 0.2) is 35.5 Å². The standard InChI is InChI=1S/C18H20N2O4/c1-3-24-18(22)15-10-20(13-6-7-23-11-13)9-14(17(15)21)16-5-4-12(2)8-19-16/h4-5,8-10,13H,3,6-7,11H2,1-2H3. The lowest BCUT2D eigenvalue weighted by Gasteiger charge is -2.16. The Bertz CT molecular complexity index is 790. The lowest BCUT2D eigenvalue weighted by molar-refractivity contribution is 0.0523. The van der Waals surface area contributed by atoms with Crippen LogP contribution in [0.5, 0.6) is 0 Å². The summed E-state index contributed by atoms with van der Waals surface area (Å²) in [6.07, 6.45) is 5.86. The summed E-state index contributed by atoms with van der Waals surface area (Å²) < 4.78 is 12.3. The van der Waals surface area contributed by atoms with Crippen LogP contribution in [0, 0.1) is 6.92 Å². The van der Waals surface area contributed by atoms with Crippen LogP contribution in [0.3, 0.4) is 0 Å². The molecule has 0 saturated carbocycles. The van der Waals surface area contributed by atoms with Gasteiger partial charge in [0.05, 0.1) is 30.5 Å². The quantitative estimate of drug-likeness (QED) is 0.806. The first-order chi connectivity index (χ1) is 11.6. The Labute approximate surface area is 140 Å². The largest absolute Gasteiger partial charge is 0.462 e. The summed E-state index contributed by atoms with van der Waals surface area (Å²) in [5.74, 6) is -0.607. The molecule has 1 unspecified atom stereocenters. The van der Waals surface area contributed by atoms with Crippen LogP contribution < -0.4 is 5.43 Å². The van der Waals surface area contributed by atoms with Crippen molar-refractivity contribution in [2.24, 2.45) is 0 Å². The van der Waals surface area contributed by atoms with Crippen LogP contribution in [0.25, 0.3) is 11.3 Å². The highest BCUT2D eigenvalue weighted by Gasteiger charge is 2.22. The molecule has 1 aliphatic rings. The monoisotopic (exact) mass is 328 g/mol. The van der Waals surface area contributed by atoms with E-state index in [-0.39, 0.29) is 23.6 Å². The molecule has 0 radical (unpaired) electrons. The van der Waals surface area contributed by atoms with Gasteiger partial charge in [0.2, 0.25) is 5.43 Å². The van der Waals surface area contributed by atoms with Crippen molar-refractivity contribution in [3.05, 3.63) is 52.1 Å². The number of hydrogen-bond acceptors (Lipinski definition) is 5. The number of hydrogen-bond donors (Lipinski definition) is 0.